The molecule has 0 spiro atoms. The molecule has 2 atom stereocenters. The molecule has 3 rings (SSSR count). The van der Waals surface area contributed by atoms with Gasteiger partial charge in [-0.05, 0) is 50.4 Å². The van der Waals surface area contributed by atoms with Crippen molar-refractivity contribution in [1.82, 2.24) is 4.90 Å². The summed E-state index contributed by atoms with van der Waals surface area (Å²) < 4.78 is 0. The third kappa shape index (κ3) is 2.53. The highest BCUT2D eigenvalue weighted by atomic mass is 35.5. The maximum atomic E-state index is 12.4. The monoisotopic (exact) mass is 272 g/mol. The van der Waals surface area contributed by atoms with Crippen LogP contribution in [0.15, 0.2) is 0 Å². The van der Waals surface area contributed by atoms with Gasteiger partial charge in [0.1, 0.15) is 0 Å². The Balaban J connectivity index is 0.00000120. The number of nitrogens with two attached hydrogens (primary N) is 1. The van der Waals surface area contributed by atoms with Gasteiger partial charge in [0.15, 0.2) is 0 Å². The van der Waals surface area contributed by atoms with E-state index >= 15 is 0 Å². The van der Waals surface area contributed by atoms with E-state index in [4.69, 9.17) is 5.73 Å². The van der Waals surface area contributed by atoms with E-state index in [1.54, 1.807) is 0 Å². The smallest absolute Gasteiger partial charge is 0.225 e. The number of nitrogens with zero attached hydrogens (tertiary/aromatic N) is 1. The average molecular weight is 273 g/mol. The molecule has 2 N–H and O–H groups in total. The van der Waals surface area contributed by atoms with Crippen LogP contribution < -0.4 is 5.73 Å². The molecule has 18 heavy (non-hydrogen) atoms. The summed E-state index contributed by atoms with van der Waals surface area (Å²) in [5.41, 5.74) is 6.27. The van der Waals surface area contributed by atoms with Crippen molar-refractivity contribution in [3.8, 4) is 0 Å². The predicted molar refractivity (Wildman–Crippen MR) is 74.6 cm³/mol. The minimum atomic E-state index is 0. The molecule has 3 aliphatic carbocycles. The van der Waals surface area contributed by atoms with Gasteiger partial charge in [-0.2, -0.15) is 0 Å². The number of rotatable bonds is 2. The molecule has 3 fully saturated rings. The highest BCUT2D eigenvalue weighted by Gasteiger charge is 2.42. The number of hydrogen-bond acceptors (Lipinski definition) is 2. The van der Waals surface area contributed by atoms with Crippen molar-refractivity contribution in [3.05, 3.63) is 0 Å². The van der Waals surface area contributed by atoms with Gasteiger partial charge in [-0.15, -0.1) is 12.4 Å². The molecule has 1 amide bonds. The second-order valence-corrected chi connectivity index (χ2v) is 6.38. The summed E-state index contributed by atoms with van der Waals surface area (Å²) in [6.45, 7) is 0. The maximum absolute atomic E-state index is 12.4. The van der Waals surface area contributed by atoms with Crippen molar-refractivity contribution in [1.29, 1.82) is 0 Å². The van der Waals surface area contributed by atoms with Crippen LogP contribution >= 0.6 is 12.4 Å². The van der Waals surface area contributed by atoms with Crippen LogP contribution in [0.2, 0.25) is 0 Å². The van der Waals surface area contributed by atoms with Crippen LogP contribution in [0.1, 0.15) is 44.9 Å². The van der Waals surface area contributed by atoms with Gasteiger partial charge in [0.25, 0.3) is 0 Å². The quantitative estimate of drug-likeness (QED) is 0.838. The molecule has 0 aromatic heterocycles. The molecule has 3 aliphatic rings. The Hall–Kier alpha value is -0.280. The molecule has 2 unspecified atom stereocenters. The van der Waals surface area contributed by atoms with Crippen molar-refractivity contribution in [3.63, 3.8) is 0 Å². The normalized spacial score (nSPS) is 38.8. The Labute approximate surface area is 116 Å². The fourth-order valence-electron chi connectivity index (χ4n) is 3.92. The molecule has 0 aliphatic heterocycles. The van der Waals surface area contributed by atoms with E-state index in [9.17, 15) is 4.79 Å². The summed E-state index contributed by atoms with van der Waals surface area (Å²) in [7, 11) is 1.99. The third-order valence-electron chi connectivity index (χ3n) is 5.20. The maximum Gasteiger partial charge on any atom is 0.225 e. The van der Waals surface area contributed by atoms with Crippen LogP contribution in [-0.4, -0.2) is 29.9 Å². The molecular weight excluding hydrogens is 248 g/mol. The minimum Gasteiger partial charge on any atom is -0.343 e. The van der Waals surface area contributed by atoms with Gasteiger partial charge in [-0.25, -0.2) is 0 Å². The Bertz CT molecular complexity index is 305. The van der Waals surface area contributed by atoms with Gasteiger partial charge in [0.05, 0.1) is 0 Å². The van der Waals surface area contributed by atoms with Crippen molar-refractivity contribution in [2.24, 2.45) is 23.5 Å². The summed E-state index contributed by atoms with van der Waals surface area (Å²) in [5.74, 6) is 1.90. The highest BCUT2D eigenvalue weighted by molar-refractivity contribution is 5.85. The van der Waals surface area contributed by atoms with Crippen molar-refractivity contribution in [2.45, 2.75) is 57.0 Å². The fraction of sp³-hybridized carbons (Fsp3) is 0.929. The predicted octanol–water partition coefficient (Wildman–Crippen LogP) is 2.18. The zero-order valence-corrected chi connectivity index (χ0v) is 12.0. The van der Waals surface area contributed by atoms with Crippen LogP contribution in [0, 0.1) is 17.8 Å². The van der Waals surface area contributed by atoms with E-state index in [0.29, 0.717) is 29.8 Å². The summed E-state index contributed by atoms with van der Waals surface area (Å²) >= 11 is 0. The summed E-state index contributed by atoms with van der Waals surface area (Å²) in [5, 5.41) is 0. The molecule has 0 aromatic carbocycles. The fourth-order valence-corrected chi connectivity index (χ4v) is 3.92. The largest absolute Gasteiger partial charge is 0.343 e. The SMILES string of the molecule is CN(C(=O)C1CC2CCCC(C1)C2N)C1CC1.Cl. The first-order valence-electron chi connectivity index (χ1n) is 7.19. The lowest BCUT2D eigenvalue weighted by Gasteiger charge is -2.44. The van der Waals surface area contributed by atoms with Crippen molar-refractivity contribution in [2.75, 3.05) is 7.05 Å². The molecular formula is C14H25ClN2O. The number of fused-ring (bicyclic) bond motifs is 2. The lowest BCUT2D eigenvalue weighted by atomic mass is 9.65. The molecule has 3 saturated carbocycles. The van der Waals surface area contributed by atoms with E-state index in [0.717, 1.165) is 12.8 Å². The van der Waals surface area contributed by atoms with Gasteiger partial charge in [-0.3, -0.25) is 4.79 Å². The van der Waals surface area contributed by atoms with Crippen LogP contribution in [0.25, 0.3) is 0 Å². The second-order valence-electron chi connectivity index (χ2n) is 6.38. The molecule has 2 bridgehead atoms. The van der Waals surface area contributed by atoms with Crippen molar-refractivity contribution < 1.29 is 4.79 Å². The van der Waals surface area contributed by atoms with E-state index in [1.807, 2.05) is 11.9 Å². The first kappa shape index (κ1) is 14.1. The van der Waals surface area contributed by atoms with Gasteiger partial charge in [0, 0.05) is 25.0 Å². The van der Waals surface area contributed by atoms with Gasteiger partial charge < -0.3 is 10.6 Å². The van der Waals surface area contributed by atoms with Crippen LogP contribution in [0.5, 0.6) is 0 Å². The average Bonchev–Trinajstić information content (AvgIpc) is 3.10. The van der Waals surface area contributed by atoms with Crippen LogP contribution in [0.3, 0.4) is 0 Å². The molecule has 0 saturated heterocycles. The number of halogens is 1. The molecule has 3 nitrogen and oxygen atoms in total. The van der Waals surface area contributed by atoms with Gasteiger partial charge >= 0.3 is 0 Å². The van der Waals surface area contributed by atoms with E-state index in [1.165, 1.54) is 32.1 Å². The topological polar surface area (TPSA) is 46.3 Å². The first-order valence-corrected chi connectivity index (χ1v) is 7.19. The van der Waals surface area contributed by atoms with Crippen LogP contribution in [-0.2, 0) is 4.79 Å². The lowest BCUT2D eigenvalue weighted by molar-refractivity contribution is -0.137. The Morgan fingerprint density at radius 3 is 2.17 bits per heavy atom. The summed E-state index contributed by atoms with van der Waals surface area (Å²) in [4.78, 5) is 14.4. The Morgan fingerprint density at radius 1 is 1.11 bits per heavy atom. The first-order chi connectivity index (χ1) is 8.16. The molecule has 0 aromatic rings. The minimum absolute atomic E-state index is 0. The second kappa shape index (κ2) is 5.38. The van der Waals surface area contributed by atoms with Gasteiger partial charge in [-0.1, -0.05) is 6.42 Å². The van der Waals surface area contributed by atoms with E-state index < -0.39 is 0 Å². The zero-order chi connectivity index (χ0) is 12.0. The highest BCUT2D eigenvalue weighted by Crippen LogP contribution is 2.43. The number of carbonyl (C=O) groups excluding carboxylic acids is 1. The van der Waals surface area contributed by atoms with Crippen LogP contribution in [0.4, 0.5) is 0 Å². The lowest BCUT2D eigenvalue weighted by Crippen LogP contribution is -2.49. The van der Waals surface area contributed by atoms with E-state index in [-0.39, 0.29) is 18.3 Å². The molecule has 4 heteroatoms. The Morgan fingerprint density at radius 2 is 1.67 bits per heavy atom. The third-order valence-corrected chi connectivity index (χ3v) is 5.20. The Kier molecular flexibility index (Phi) is 4.22. The standard InChI is InChI=1S/C14H24N2O.ClH/c1-16(12-5-6-12)14(17)11-7-9-3-2-4-10(8-11)13(9)15;/h9-13H,2-8,15H2,1H3;1H. The summed E-state index contributed by atoms with van der Waals surface area (Å²) in [6, 6.07) is 0.928. The molecule has 104 valence electrons. The van der Waals surface area contributed by atoms with Crippen molar-refractivity contribution >= 4 is 18.3 Å². The summed E-state index contributed by atoms with van der Waals surface area (Å²) in [6.07, 6.45) is 8.33. The van der Waals surface area contributed by atoms with Gasteiger partial charge in [0.2, 0.25) is 5.91 Å². The number of amides is 1. The molecule has 0 radical (unpaired) electrons. The molecule has 0 heterocycles. The number of hydrogen-bond donors (Lipinski definition) is 1. The zero-order valence-electron chi connectivity index (χ0n) is 11.2. The van der Waals surface area contributed by atoms with E-state index in [2.05, 4.69) is 0 Å². The number of carbonyl (C=O) groups is 1.